The molecule has 0 spiro atoms. The first-order chi connectivity index (χ1) is 11.2. The molecule has 2 aromatic rings. The van der Waals surface area contributed by atoms with Crippen LogP contribution in [-0.4, -0.2) is 45.4 Å². The number of amidine groups is 1. The number of nitrogens with zero attached hydrogens (tertiary/aromatic N) is 2. The lowest BCUT2D eigenvalue weighted by molar-refractivity contribution is 0.350. The molecule has 0 aliphatic carbocycles. The van der Waals surface area contributed by atoms with Crippen molar-refractivity contribution < 1.29 is 5.11 Å². The lowest BCUT2D eigenvalue weighted by Gasteiger charge is -2.18. The van der Waals surface area contributed by atoms with Crippen LogP contribution in [0.3, 0.4) is 0 Å². The summed E-state index contributed by atoms with van der Waals surface area (Å²) in [6.07, 6.45) is 2.24. The minimum atomic E-state index is 0.273. The van der Waals surface area contributed by atoms with Gasteiger partial charge in [-0.25, -0.2) is 4.98 Å². The Balaban J connectivity index is 1.68. The first-order valence-corrected chi connectivity index (χ1v) is 9.87. The van der Waals surface area contributed by atoms with E-state index in [0.717, 1.165) is 33.9 Å². The Morgan fingerprint density at radius 1 is 1.35 bits per heavy atom. The quantitative estimate of drug-likeness (QED) is 0.729. The summed E-state index contributed by atoms with van der Waals surface area (Å²) in [5.74, 6) is 2.98. The predicted molar refractivity (Wildman–Crippen MR) is 101 cm³/mol. The number of benzene rings is 1. The van der Waals surface area contributed by atoms with Crippen molar-refractivity contribution in [2.45, 2.75) is 19.8 Å². The third-order valence-corrected chi connectivity index (χ3v) is 6.08. The first-order valence-electron chi connectivity index (χ1n) is 7.90. The lowest BCUT2D eigenvalue weighted by atomic mass is 10.2. The smallest absolute Gasteiger partial charge is 0.135 e. The van der Waals surface area contributed by atoms with E-state index in [1.54, 1.807) is 0 Å². The maximum absolute atomic E-state index is 10.3. The topological polar surface area (TPSA) is 60.2 Å². The van der Waals surface area contributed by atoms with Crippen LogP contribution in [0.5, 0.6) is 0 Å². The van der Waals surface area contributed by atoms with Crippen LogP contribution in [0.1, 0.15) is 24.8 Å². The zero-order valence-electron chi connectivity index (χ0n) is 13.2. The standard InChI is InChI=1S/C17H21N3OS2/c1-2-9-22-10-5-8-20-11-13(21)15(16(20)18)17-19-12-6-3-4-7-14(12)23-17/h3-4,6-7,18,21H,2,5,8-11H2,1H3. The molecule has 0 saturated heterocycles. The Bertz CT molecular complexity index is 705. The van der Waals surface area contributed by atoms with Crippen LogP contribution < -0.4 is 0 Å². The molecule has 1 aliphatic heterocycles. The SMILES string of the molecule is CCCSCCCN1CC(O)=C(c2nc3ccccc3s2)C1=N. The van der Waals surface area contributed by atoms with E-state index in [-0.39, 0.29) is 5.76 Å². The van der Waals surface area contributed by atoms with Crippen LogP contribution >= 0.6 is 23.1 Å². The Hall–Kier alpha value is -1.53. The summed E-state index contributed by atoms with van der Waals surface area (Å²) in [7, 11) is 0. The zero-order chi connectivity index (χ0) is 16.2. The van der Waals surface area contributed by atoms with Crippen molar-refractivity contribution in [3.05, 3.63) is 35.0 Å². The number of fused-ring (bicyclic) bond motifs is 1. The summed E-state index contributed by atoms with van der Waals surface area (Å²) < 4.78 is 1.09. The molecule has 0 unspecified atom stereocenters. The van der Waals surface area contributed by atoms with Crippen LogP contribution in [0.25, 0.3) is 15.8 Å². The number of thiazole rings is 1. The summed E-state index contributed by atoms with van der Waals surface area (Å²) in [5.41, 5.74) is 1.53. The number of hydrogen-bond donors (Lipinski definition) is 2. The van der Waals surface area contributed by atoms with Crippen molar-refractivity contribution in [1.82, 2.24) is 9.88 Å². The minimum Gasteiger partial charge on any atom is -0.510 e. The second-order valence-corrected chi connectivity index (χ2v) is 7.80. The molecule has 0 saturated carbocycles. The number of thioether (sulfide) groups is 1. The minimum absolute atomic E-state index is 0.273. The van der Waals surface area contributed by atoms with Gasteiger partial charge in [0.15, 0.2) is 0 Å². The van der Waals surface area contributed by atoms with E-state index >= 15 is 0 Å². The number of rotatable bonds is 7. The Morgan fingerprint density at radius 3 is 2.96 bits per heavy atom. The van der Waals surface area contributed by atoms with Crippen molar-refractivity contribution in [3.8, 4) is 0 Å². The molecular weight excluding hydrogens is 326 g/mol. The third-order valence-electron chi connectivity index (χ3n) is 3.76. The summed E-state index contributed by atoms with van der Waals surface area (Å²) in [5, 5.41) is 19.4. The second-order valence-electron chi connectivity index (χ2n) is 5.54. The van der Waals surface area contributed by atoms with Crippen molar-refractivity contribution >= 4 is 44.7 Å². The average Bonchev–Trinajstić information content (AvgIpc) is 3.08. The molecule has 1 aromatic heterocycles. The van der Waals surface area contributed by atoms with Crippen molar-refractivity contribution in [2.24, 2.45) is 0 Å². The third kappa shape index (κ3) is 3.53. The van der Waals surface area contributed by atoms with E-state index in [1.165, 1.54) is 23.5 Å². The molecule has 23 heavy (non-hydrogen) atoms. The molecule has 0 fully saturated rings. The molecule has 1 aliphatic rings. The van der Waals surface area contributed by atoms with Gasteiger partial charge in [-0.2, -0.15) is 11.8 Å². The molecule has 4 nitrogen and oxygen atoms in total. The highest BCUT2D eigenvalue weighted by atomic mass is 32.2. The average molecular weight is 348 g/mol. The van der Waals surface area contributed by atoms with Gasteiger partial charge in [0.05, 0.1) is 22.3 Å². The monoisotopic (exact) mass is 347 g/mol. The van der Waals surface area contributed by atoms with Gasteiger partial charge in [0, 0.05) is 6.54 Å². The Morgan fingerprint density at radius 2 is 2.17 bits per heavy atom. The highest BCUT2D eigenvalue weighted by molar-refractivity contribution is 7.99. The van der Waals surface area contributed by atoms with E-state index in [2.05, 4.69) is 11.9 Å². The maximum atomic E-state index is 10.3. The number of aromatic nitrogens is 1. The van der Waals surface area contributed by atoms with Crippen LogP contribution in [0.4, 0.5) is 0 Å². The summed E-state index contributed by atoms with van der Waals surface area (Å²) in [4.78, 5) is 6.53. The summed E-state index contributed by atoms with van der Waals surface area (Å²) >= 11 is 3.49. The van der Waals surface area contributed by atoms with Gasteiger partial charge in [0.25, 0.3) is 0 Å². The predicted octanol–water partition coefficient (Wildman–Crippen LogP) is 4.39. The largest absolute Gasteiger partial charge is 0.510 e. The Kier molecular flexibility index (Phi) is 5.23. The van der Waals surface area contributed by atoms with Crippen LogP contribution in [-0.2, 0) is 0 Å². The fourth-order valence-electron chi connectivity index (χ4n) is 2.63. The number of para-hydroxylation sites is 1. The van der Waals surface area contributed by atoms with Gasteiger partial charge in [-0.1, -0.05) is 19.1 Å². The molecule has 1 aromatic carbocycles. The van der Waals surface area contributed by atoms with Crippen molar-refractivity contribution in [1.29, 1.82) is 5.41 Å². The molecule has 3 rings (SSSR count). The molecule has 0 radical (unpaired) electrons. The van der Waals surface area contributed by atoms with E-state index in [9.17, 15) is 5.11 Å². The summed E-state index contributed by atoms with van der Waals surface area (Å²) in [6.45, 7) is 3.44. The van der Waals surface area contributed by atoms with Crippen molar-refractivity contribution in [2.75, 3.05) is 24.6 Å². The number of aliphatic hydroxyl groups excluding tert-OH is 1. The fraction of sp³-hybridized carbons (Fsp3) is 0.412. The summed E-state index contributed by atoms with van der Waals surface area (Å²) in [6, 6.07) is 7.93. The van der Waals surface area contributed by atoms with Crippen LogP contribution in [0.2, 0.25) is 0 Å². The molecule has 0 amide bonds. The zero-order valence-corrected chi connectivity index (χ0v) is 14.8. The maximum Gasteiger partial charge on any atom is 0.135 e. The number of hydrogen-bond acceptors (Lipinski definition) is 5. The second kappa shape index (κ2) is 7.36. The van der Waals surface area contributed by atoms with Gasteiger partial charge in [0.2, 0.25) is 0 Å². The molecule has 6 heteroatoms. The molecule has 122 valence electrons. The highest BCUT2D eigenvalue weighted by Gasteiger charge is 2.29. The highest BCUT2D eigenvalue weighted by Crippen LogP contribution is 2.33. The van der Waals surface area contributed by atoms with Gasteiger partial charge in [-0.15, -0.1) is 11.3 Å². The number of aliphatic hydroxyl groups is 1. The van der Waals surface area contributed by atoms with Gasteiger partial charge in [-0.3, -0.25) is 5.41 Å². The van der Waals surface area contributed by atoms with Crippen LogP contribution in [0.15, 0.2) is 30.0 Å². The van der Waals surface area contributed by atoms with Gasteiger partial charge >= 0.3 is 0 Å². The molecule has 0 atom stereocenters. The van der Waals surface area contributed by atoms with E-state index in [1.807, 2.05) is 40.9 Å². The Labute approximate surface area is 144 Å². The van der Waals surface area contributed by atoms with E-state index in [4.69, 9.17) is 5.41 Å². The first kappa shape index (κ1) is 16.3. The van der Waals surface area contributed by atoms with E-state index in [0.29, 0.717) is 18.0 Å². The van der Waals surface area contributed by atoms with Gasteiger partial charge in [-0.05, 0) is 36.5 Å². The van der Waals surface area contributed by atoms with E-state index < -0.39 is 0 Å². The molecular formula is C17H21N3OS2. The fourth-order valence-corrected chi connectivity index (χ4v) is 4.49. The van der Waals surface area contributed by atoms with Gasteiger partial charge < -0.3 is 10.0 Å². The number of nitrogens with one attached hydrogen (secondary N) is 1. The molecule has 2 heterocycles. The van der Waals surface area contributed by atoms with Crippen LogP contribution in [0, 0.1) is 5.41 Å². The molecule has 0 bridgehead atoms. The normalized spacial score (nSPS) is 15.2. The molecule has 2 N–H and O–H groups in total. The van der Waals surface area contributed by atoms with Crippen molar-refractivity contribution in [3.63, 3.8) is 0 Å². The lowest BCUT2D eigenvalue weighted by Crippen LogP contribution is -2.28. The van der Waals surface area contributed by atoms with Gasteiger partial charge in [0.1, 0.15) is 16.6 Å².